The van der Waals surface area contributed by atoms with Crippen LogP contribution in [0.25, 0.3) is 11.1 Å². The van der Waals surface area contributed by atoms with Crippen LogP contribution in [0.15, 0.2) is 53.4 Å². The summed E-state index contributed by atoms with van der Waals surface area (Å²) < 4.78 is 23.4. The van der Waals surface area contributed by atoms with Gasteiger partial charge < -0.3 is 5.32 Å². The summed E-state index contributed by atoms with van der Waals surface area (Å²) in [5.41, 5.74) is 3.38. The molecule has 1 fully saturated rings. The highest BCUT2D eigenvalue weighted by atomic mass is 32.2. The number of hydrogen-bond donors (Lipinski definition) is 1. The Morgan fingerprint density at radius 3 is 2.19 bits per heavy atom. The van der Waals surface area contributed by atoms with Crippen LogP contribution in [0.2, 0.25) is 0 Å². The van der Waals surface area contributed by atoms with Crippen molar-refractivity contribution in [2.75, 3.05) is 13.3 Å². The average molecular weight is 301 g/mol. The standard InChI is InChI=1S/C17H19NO2S/c1-18-17(9-10-17)15-7-3-5-13(11-15)14-6-4-8-16(12-14)21(2,19)20/h3-8,11-12,18H,9-10H2,1-2H3. The third-order valence-electron chi connectivity index (χ3n) is 4.24. The third kappa shape index (κ3) is 2.74. The highest BCUT2D eigenvalue weighted by Crippen LogP contribution is 2.45. The lowest BCUT2D eigenvalue weighted by molar-refractivity contribution is 0.586. The van der Waals surface area contributed by atoms with Gasteiger partial charge in [0.2, 0.25) is 0 Å². The molecule has 2 aromatic carbocycles. The molecule has 0 amide bonds. The molecule has 0 radical (unpaired) electrons. The van der Waals surface area contributed by atoms with Crippen molar-refractivity contribution in [3.05, 3.63) is 54.1 Å². The Morgan fingerprint density at radius 2 is 1.62 bits per heavy atom. The summed E-state index contributed by atoms with van der Waals surface area (Å²) in [6.07, 6.45) is 3.54. The minimum Gasteiger partial charge on any atom is -0.310 e. The lowest BCUT2D eigenvalue weighted by Crippen LogP contribution is -2.24. The number of sulfone groups is 1. The molecule has 1 N–H and O–H groups in total. The van der Waals surface area contributed by atoms with E-state index in [0.29, 0.717) is 4.90 Å². The Morgan fingerprint density at radius 1 is 1.00 bits per heavy atom. The SMILES string of the molecule is CNC1(c2cccc(-c3cccc(S(C)(=O)=O)c3)c2)CC1. The molecule has 3 rings (SSSR count). The van der Waals surface area contributed by atoms with Crippen molar-refractivity contribution in [1.29, 1.82) is 0 Å². The summed E-state index contributed by atoms with van der Waals surface area (Å²) in [4.78, 5) is 0.361. The van der Waals surface area contributed by atoms with Crippen molar-refractivity contribution < 1.29 is 8.42 Å². The van der Waals surface area contributed by atoms with Gasteiger partial charge in [-0.2, -0.15) is 0 Å². The van der Waals surface area contributed by atoms with Gasteiger partial charge in [0, 0.05) is 11.8 Å². The van der Waals surface area contributed by atoms with E-state index in [9.17, 15) is 8.42 Å². The fraction of sp³-hybridized carbons (Fsp3) is 0.294. The predicted octanol–water partition coefficient (Wildman–Crippen LogP) is 2.97. The molecule has 0 unspecified atom stereocenters. The molecule has 1 aliphatic carbocycles. The molecule has 21 heavy (non-hydrogen) atoms. The smallest absolute Gasteiger partial charge is 0.175 e. The van der Waals surface area contributed by atoms with E-state index in [-0.39, 0.29) is 5.54 Å². The molecule has 0 atom stereocenters. The maximum Gasteiger partial charge on any atom is 0.175 e. The third-order valence-corrected chi connectivity index (χ3v) is 5.35. The van der Waals surface area contributed by atoms with Gasteiger partial charge in [0.05, 0.1) is 4.90 Å². The Balaban J connectivity index is 2.04. The van der Waals surface area contributed by atoms with Gasteiger partial charge >= 0.3 is 0 Å². The maximum absolute atomic E-state index is 11.7. The number of hydrogen-bond acceptors (Lipinski definition) is 3. The zero-order chi connectivity index (χ0) is 15.1. The molecule has 3 nitrogen and oxygen atoms in total. The first kappa shape index (κ1) is 14.3. The summed E-state index contributed by atoms with van der Waals surface area (Å²) in [6, 6.07) is 15.5. The van der Waals surface area contributed by atoms with E-state index in [4.69, 9.17) is 0 Å². The van der Waals surface area contributed by atoms with Crippen molar-refractivity contribution in [3.8, 4) is 11.1 Å². The molecular weight excluding hydrogens is 282 g/mol. The van der Waals surface area contributed by atoms with Crippen molar-refractivity contribution >= 4 is 9.84 Å². The first-order valence-electron chi connectivity index (χ1n) is 7.05. The van der Waals surface area contributed by atoms with Crippen molar-refractivity contribution in [1.82, 2.24) is 5.32 Å². The summed E-state index contributed by atoms with van der Waals surface area (Å²) in [7, 11) is -1.19. The largest absolute Gasteiger partial charge is 0.310 e. The van der Waals surface area contributed by atoms with Gasteiger partial charge in [-0.25, -0.2) is 8.42 Å². The number of rotatable bonds is 4. The summed E-state index contributed by atoms with van der Waals surface area (Å²) in [5.74, 6) is 0. The van der Waals surface area contributed by atoms with Crippen LogP contribution in [-0.2, 0) is 15.4 Å². The van der Waals surface area contributed by atoms with E-state index in [1.54, 1.807) is 18.2 Å². The quantitative estimate of drug-likeness (QED) is 0.944. The molecule has 1 aliphatic rings. The highest BCUT2D eigenvalue weighted by Gasteiger charge is 2.42. The fourth-order valence-electron chi connectivity index (χ4n) is 2.71. The molecule has 1 saturated carbocycles. The second-order valence-corrected chi connectivity index (χ2v) is 7.73. The monoisotopic (exact) mass is 301 g/mol. The Hall–Kier alpha value is -1.65. The minimum atomic E-state index is -3.18. The Kier molecular flexibility index (Phi) is 3.38. The summed E-state index contributed by atoms with van der Waals surface area (Å²) >= 11 is 0. The molecule has 0 spiro atoms. The van der Waals surface area contributed by atoms with Gasteiger partial charge in [-0.3, -0.25) is 0 Å². The van der Waals surface area contributed by atoms with Crippen LogP contribution in [-0.4, -0.2) is 21.7 Å². The molecule has 0 bridgehead atoms. The normalized spacial score (nSPS) is 16.7. The summed E-state index contributed by atoms with van der Waals surface area (Å²) in [6.45, 7) is 0. The van der Waals surface area contributed by atoms with Gasteiger partial charge in [-0.05, 0) is 54.8 Å². The van der Waals surface area contributed by atoms with E-state index in [0.717, 1.165) is 24.0 Å². The highest BCUT2D eigenvalue weighted by molar-refractivity contribution is 7.90. The van der Waals surface area contributed by atoms with E-state index < -0.39 is 9.84 Å². The topological polar surface area (TPSA) is 46.2 Å². The summed E-state index contributed by atoms with van der Waals surface area (Å²) in [5, 5.41) is 3.39. The van der Waals surface area contributed by atoms with Crippen molar-refractivity contribution in [3.63, 3.8) is 0 Å². The fourth-order valence-corrected chi connectivity index (χ4v) is 3.38. The minimum absolute atomic E-state index is 0.116. The first-order chi connectivity index (χ1) is 9.94. The molecule has 110 valence electrons. The van der Waals surface area contributed by atoms with Crippen molar-refractivity contribution in [2.24, 2.45) is 0 Å². The van der Waals surface area contributed by atoms with Crippen LogP contribution >= 0.6 is 0 Å². The predicted molar refractivity (Wildman–Crippen MR) is 85.0 cm³/mol. The zero-order valence-corrected chi connectivity index (χ0v) is 13.1. The lowest BCUT2D eigenvalue weighted by atomic mass is 9.98. The van der Waals surface area contributed by atoms with Gasteiger partial charge in [-0.15, -0.1) is 0 Å². The zero-order valence-electron chi connectivity index (χ0n) is 12.3. The average Bonchev–Trinajstić information content (AvgIpc) is 3.28. The second kappa shape index (κ2) is 4.97. The van der Waals surface area contributed by atoms with E-state index in [1.165, 1.54) is 11.8 Å². The molecule has 0 saturated heterocycles. The van der Waals surface area contributed by atoms with Gasteiger partial charge in [0.15, 0.2) is 9.84 Å². The van der Waals surface area contributed by atoms with E-state index in [2.05, 4.69) is 17.4 Å². The van der Waals surface area contributed by atoms with Crippen LogP contribution in [0.5, 0.6) is 0 Å². The van der Waals surface area contributed by atoms with E-state index in [1.807, 2.05) is 25.2 Å². The van der Waals surface area contributed by atoms with Gasteiger partial charge in [0.1, 0.15) is 0 Å². The molecule has 4 heteroatoms. The molecule has 0 aromatic heterocycles. The molecule has 2 aromatic rings. The van der Waals surface area contributed by atoms with E-state index >= 15 is 0 Å². The maximum atomic E-state index is 11.7. The Bertz CT molecular complexity index is 777. The molecule has 0 aliphatic heterocycles. The van der Waals surface area contributed by atoms with Crippen LogP contribution < -0.4 is 5.32 Å². The van der Waals surface area contributed by atoms with Crippen LogP contribution in [0, 0.1) is 0 Å². The number of nitrogens with one attached hydrogen (secondary N) is 1. The van der Waals surface area contributed by atoms with Crippen LogP contribution in [0.4, 0.5) is 0 Å². The van der Waals surface area contributed by atoms with Gasteiger partial charge in [-0.1, -0.05) is 30.3 Å². The first-order valence-corrected chi connectivity index (χ1v) is 8.94. The molecular formula is C17H19NO2S. The van der Waals surface area contributed by atoms with Crippen molar-refractivity contribution in [2.45, 2.75) is 23.3 Å². The van der Waals surface area contributed by atoms with Gasteiger partial charge in [0.25, 0.3) is 0 Å². The lowest BCUT2D eigenvalue weighted by Gasteiger charge is -2.16. The van der Waals surface area contributed by atoms with Crippen LogP contribution in [0.1, 0.15) is 18.4 Å². The number of benzene rings is 2. The Labute approximate surface area is 125 Å². The molecule has 0 heterocycles. The van der Waals surface area contributed by atoms with Crippen LogP contribution in [0.3, 0.4) is 0 Å². The second-order valence-electron chi connectivity index (χ2n) is 5.71.